The maximum atomic E-state index is 9.11. The summed E-state index contributed by atoms with van der Waals surface area (Å²) in [5.41, 5.74) is 2.13. The lowest BCUT2D eigenvalue weighted by Gasteiger charge is -2.19. The molecule has 1 aromatic heterocycles. The third-order valence-electron chi connectivity index (χ3n) is 2.65. The van der Waals surface area contributed by atoms with Gasteiger partial charge in [0.25, 0.3) is 0 Å². The fourth-order valence-corrected chi connectivity index (χ4v) is 1.76. The van der Waals surface area contributed by atoms with E-state index in [0.717, 1.165) is 11.3 Å². The Morgan fingerprint density at radius 2 is 1.78 bits per heavy atom. The van der Waals surface area contributed by atoms with Gasteiger partial charge >= 0.3 is 0 Å². The summed E-state index contributed by atoms with van der Waals surface area (Å²) in [4.78, 5) is 8.81. The molecule has 0 aliphatic rings. The van der Waals surface area contributed by atoms with Crippen LogP contribution in [0.5, 0.6) is 0 Å². The molecule has 0 saturated heterocycles. The molecule has 0 fully saturated rings. The maximum Gasteiger partial charge on any atom is 0.159 e. The van der Waals surface area contributed by atoms with Crippen molar-refractivity contribution < 1.29 is 0 Å². The highest BCUT2D eigenvalue weighted by Crippen LogP contribution is 2.25. The number of nitriles is 1. The molecule has 2 aromatic rings. The van der Waals surface area contributed by atoms with Gasteiger partial charge < -0.3 is 0 Å². The maximum absolute atomic E-state index is 9.11. The van der Waals surface area contributed by atoms with E-state index in [0.29, 0.717) is 11.4 Å². The minimum absolute atomic E-state index is 0.169. The predicted octanol–water partition coefficient (Wildman–Crippen LogP) is 3.31. The molecule has 0 atom stereocenters. The van der Waals surface area contributed by atoms with Crippen molar-refractivity contribution in [2.45, 2.75) is 26.2 Å². The first-order chi connectivity index (χ1) is 8.52. The molecule has 0 radical (unpaired) electrons. The highest BCUT2D eigenvalue weighted by molar-refractivity contribution is 5.55. The monoisotopic (exact) mass is 237 g/mol. The number of rotatable bonds is 1. The standard InChI is InChI=1S/C15H15N3/c1-15(2,3)13-12(9-16)10-17-14(18-13)11-7-5-4-6-8-11/h4-8,10H,1-3H3. The largest absolute Gasteiger partial charge is 0.235 e. The second-order valence-corrected chi connectivity index (χ2v) is 5.18. The van der Waals surface area contributed by atoms with Gasteiger partial charge in [0.15, 0.2) is 5.82 Å². The van der Waals surface area contributed by atoms with E-state index in [4.69, 9.17) is 5.26 Å². The minimum Gasteiger partial charge on any atom is -0.235 e. The Kier molecular flexibility index (Phi) is 3.12. The van der Waals surface area contributed by atoms with E-state index >= 15 is 0 Å². The lowest BCUT2D eigenvalue weighted by molar-refractivity contribution is 0.566. The van der Waals surface area contributed by atoms with Crippen LogP contribution in [0.2, 0.25) is 0 Å². The highest BCUT2D eigenvalue weighted by atomic mass is 14.9. The van der Waals surface area contributed by atoms with Gasteiger partial charge in [-0.15, -0.1) is 0 Å². The Hall–Kier alpha value is -2.21. The molecule has 2 rings (SSSR count). The summed E-state index contributed by atoms with van der Waals surface area (Å²) >= 11 is 0. The van der Waals surface area contributed by atoms with Crippen molar-refractivity contribution in [1.82, 2.24) is 9.97 Å². The first-order valence-corrected chi connectivity index (χ1v) is 5.85. The smallest absolute Gasteiger partial charge is 0.159 e. The highest BCUT2D eigenvalue weighted by Gasteiger charge is 2.21. The lowest BCUT2D eigenvalue weighted by atomic mass is 9.89. The Morgan fingerprint density at radius 3 is 2.33 bits per heavy atom. The molecular formula is C15H15N3. The molecular weight excluding hydrogens is 222 g/mol. The zero-order valence-electron chi connectivity index (χ0n) is 10.8. The van der Waals surface area contributed by atoms with E-state index in [1.54, 1.807) is 6.20 Å². The molecule has 0 saturated carbocycles. The third-order valence-corrected chi connectivity index (χ3v) is 2.65. The van der Waals surface area contributed by atoms with Gasteiger partial charge in [-0.1, -0.05) is 51.1 Å². The Morgan fingerprint density at radius 1 is 1.11 bits per heavy atom. The second kappa shape index (κ2) is 4.58. The van der Waals surface area contributed by atoms with Gasteiger partial charge in [-0.25, -0.2) is 9.97 Å². The average Bonchev–Trinajstić information content (AvgIpc) is 2.38. The van der Waals surface area contributed by atoms with Crippen LogP contribution in [0.1, 0.15) is 32.0 Å². The zero-order valence-corrected chi connectivity index (χ0v) is 10.8. The van der Waals surface area contributed by atoms with E-state index in [-0.39, 0.29) is 5.41 Å². The molecule has 18 heavy (non-hydrogen) atoms. The molecule has 3 heteroatoms. The normalized spacial score (nSPS) is 11.0. The van der Waals surface area contributed by atoms with Gasteiger partial charge in [-0.05, 0) is 0 Å². The van der Waals surface area contributed by atoms with Crippen LogP contribution in [-0.2, 0) is 5.41 Å². The van der Waals surface area contributed by atoms with Crippen LogP contribution in [0.3, 0.4) is 0 Å². The SMILES string of the molecule is CC(C)(C)c1nc(-c2ccccc2)ncc1C#N. The van der Waals surface area contributed by atoms with Crippen molar-refractivity contribution in [1.29, 1.82) is 5.26 Å². The summed E-state index contributed by atoms with van der Waals surface area (Å²) in [6.45, 7) is 6.14. The molecule has 0 aliphatic carbocycles. The Bertz CT molecular complexity index is 589. The van der Waals surface area contributed by atoms with Gasteiger partial charge in [0, 0.05) is 17.2 Å². The topological polar surface area (TPSA) is 49.6 Å². The van der Waals surface area contributed by atoms with Gasteiger partial charge in [-0.2, -0.15) is 5.26 Å². The van der Waals surface area contributed by atoms with Crippen LogP contribution in [-0.4, -0.2) is 9.97 Å². The summed E-state index contributed by atoms with van der Waals surface area (Å²) in [5.74, 6) is 0.666. The molecule has 1 aromatic carbocycles. The van der Waals surface area contributed by atoms with Crippen LogP contribution in [0.25, 0.3) is 11.4 Å². The second-order valence-electron chi connectivity index (χ2n) is 5.18. The van der Waals surface area contributed by atoms with Crippen molar-refractivity contribution in [2.24, 2.45) is 0 Å². The quantitative estimate of drug-likeness (QED) is 0.764. The number of benzene rings is 1. The summed E-state index contributed by atoms with van der Waals surface area (Å²) in [7, 11) is 0. The molecule has 0 spiro atoms. The number of hydrogen-bond donors (Lipinski definition) is 0. The number of aromatic nitrogens is 2. The van der Waals surface area contributed by atoms with Crippen molar-refractivity contribution in [3.05, 3.63) is 47.8 Å². The average molecular weight is 237 g/mol. The molecule has 0 amide bonds. The van der Waals surface area contributed by atoms with Gasteiger partial charge in [0.1, 0.15) is 6.07 Å². The summed E-state index contributed by atoms with van der Waals surface area (Å²) in [6.07, 6.45) is 1.61. The molecule has 0 bridgehead atoms. The number of hydrogen-bond acceptors (Lipinski definition) is 3. The molecule has 1 heterocycles. The number of nitrogens with zero attached hydrogens (tertiary/aromatic N) is 3. The van der Waals surface area contributed by atoms with E-state index in [1.807, 2.05) is 51.1 Å². The van der Waals surface area contributed by atoms with Crippen LogP contribution in [0.15, 0.2) is 36.5 Å². The van der Waals surface area contributed by atoms with E-state index in [1.165, 1.54) is 0 Å². The van der Waals surface area contributed by atoms with E-state index in [9.17, 15) is 0 Å². The van der Waals surface area contributed by atoms with Gasteiger partial charge in [0.05, 0.1) is 11.3 Å². The van der Waals surface area contributed by atoms with Crippen LogP contribution < -0.4 is 0 Å². The molecule has 0 N–H and O–H groups in total. The van der Waals surface area contributed by atoms with Crippen molar-refractivity contribution in [3.63, 3.8) is 0 Å². The van der Waals surface area contributed by atoms with Crippen LogP contribution in [0.4, 0.5) is 0 Å². The fourth-order valence-electron chi connectivity index (χ4n) is 1.76. The van der Waals surface area contributed by atoms with Crippen LogP contribution in [0, 0.1) is 11.3 Å². The third kappa shape index (κ3) is 2.38. The Labute approximate surface area is 107 Å². The Balaban J connectivity index is 2.58. The summed E-state index contributed by atoms with van der Waals surface area (Å²) in [6, 6.07) is 11.9. The van der Waals surface area contributed by atoms with Gasteiger partial charge in [-0.3, -0.25) is 0 Å². The van der Waals surface area contributed by atoms with Crippen molar-refractivity contribution >= 4 is 0 Å². The van der Waals surface area contributed by atoms with E-state index in [2.05, 4.69) is 16.0 Å². The first kappa shape index (κ1) is 12.3. The summed E-state index contributed by atoms with van der Waals surface area (Å²) in [5, 5.41) is 9.11. The fraction of sp³-hybridized carbons (Fsp3) is 0.267. The van der Waals surface area contributed by atoms with Crippen molar-refractivity contribution in [2.75, 3.05) is 0 Å². The summed E-state index contributed by atoms with van der Waals surface area (Å²) < 4.78 is 0. The zero-order chi connectivity index (χ0) is 13.2. The lowest BCUT2D eigenvalue weighted by Crippen LogP contribution is -2.16. The van der Waals surface area contributed by atoms with Gasteiger partial charge in [0.2, 0.25) is 0 Å². The molecule has 3 nitrogen and oxygen atoms in total. The van der Waals surface area contributed by atoms with E-state index < -0.39 is 0 Å². The van der Waals surface area contributed by atoms with Crippen molar-refractivity contribution in [3.8, 4) is 17.5 Å². The molecule has 90 valence electrons. The molecule has 0 unspecified atom stereocenters. The predicted molar refractivity (Wildman–Crippen MR) is 70.9 cm³/mol. The molecule has 0 aliphatic heterocycles. The minimum atomic E-state index is -0.169. The first-order valence-electron chi connectivity index (χ1n) is 5.85. The van der Waals surface area contributed by atoms with Crippen LogP contribution >= 0.6 is 0 Å².